The van der Waals surface area contributed by atoms with Crippen LogP contribution in [0.25, 0.3) is 0 Å². The van der Waals surface area contributed by atoms with E-state index < -0.39 is 0 Å². The minimum atomic E-state index is 0. The summed E-state index contributed by atoms with van der Waals surface area (Å²) in [5, 5.41) is 6.44. The van der Waals surface area contributed by atoms with Gasteiger partial charge in [-0.15, -0.1) is 12.4 Å². The first-order chi connectivity index (χ1) is 10.0. The van der Waals surface area contributed by atoms with Crippen LogP contribution in [0.2, 0.25) is 0 Å². The van der Waals surface area contributed by atoms with Gasteiger partial charge in [0.25, 0.3) is 0 Å². The lowest BCUT2D eigenvalue weighted by Gasteiger charge is -2.28. The lowest BCUT2D eigenvalue weighted by atomic mass is 9.84. The molecule has 0 saturated carbocycles. The maximum absolute atomic E-state index is 12.0. The number of ether oxygens (including phenoxy) is 1. The van der Waals surface area contributed by atoms with Crippen molar-refractivity contribution in [3.8, 4) is 0 Å². The van der Waals surface area contributed by atoms with Gasteiger partial charge < -0.3 is 15.4 Å². The first-order valence-electron chi connectivity index (χ1n) is 8.63. The molecule has 1 aliphatic rings. The van der Waals surface area contributed by atoms with E-state index in [2.05, 4.69) is 31.4 Å². The van der Waals surface area contributed by atoms with Crippen molar-refractivity contribution in [1.82, 2.24) is 10.6 Å². The summed E-state index contributed by atoms with van der Waals surface area (Å²) in [5.74, 6) is 1.87. The molecular weight excluding hydrogens is 300 g/mol. The summed E-state index contributed by atoms with van der Waals surface area (Å²) >= 11 is 0. The van der Waals surface area contributed by atoms with Gasteiger partial charge in [-0.05, 0) is 57.0 Å². The smallest absolute Gasteiger partial charge is 0.220 e. The van der Waals surface area contributed by atoms with Crippen LogP contribution in [0.4, 0.5) is 0 Å². The summed E-state index contributed by atoms with van der Waals surface area (Å²) in [5.41, 5.74) is 0. The van der Waals surface area contributed by atoms with Gasteiger partial charge in [0.15, 0.2) is 0 Å². The monoisotopic (exact) mass is 334 g/mol. The van der Waals surface area contributed by atoms with Crippen molar-refractivity contribution in [3.63, 3.8) is 0 Å². The highest BCUT2D eigenvalue weighted by atomic mass is 35.5. The number of rotatable bonds is 9. The molecule has 1 aliphatic heterocycles. The fourth-order valence-electron chi connectivity index (χ4n) is 3.12. The van der Waals surface area contributed by atoms with Crippen LogP contribution in [0, 0.1) is 17.8 Å². The van der Waals surface area contributed by atoms with Gasteiger partial charge in [0.2, 0.25) is 5.91 Å². The van der Waals surface area contributed by atoms with Gasteiger partial charge in [0, 0.05) is 19.6 Å². The molecule has 0 bridgehead atoms. The van der Waals surface area contributed by atoms with E-state index in [4.69, 9.17) is 4.74 Å². The highest BCUT2D eigenvalue weighted by Crippen LogP contribution is 2.24. The van der Waals surface area contributed by atoms with E-state index in [1.165, 1.54) is 12.8 Å². The van der Waals surface area contributed by atoms with Gasteiger partial charge in [0.1, 0.15) is 0 Å². The van der Waals surface area contributed by atoms with Crippen LogP contribution in [0.15, 0.2) is 0 Å². The van der Waals surface area contributed by atoms with E-state index in [0.29, 0.717) is 24.2 Å². The van der Waals surface area contributed by atoms with E-state index in [0.717, 1.165) is 32.7 Å². The minimum Gasteiger partial charge on any atom is -0.378 e. The molecule has 0 spiro atoms. The van der Waals surface area contributed by atoms with E-state index >= 15 is 0 Å². The Hall–Kier alpha value is -0.320. The second-order valence-corrected chi connectivity index (χ2v) is 6.65. The SMILES string of the molecule is CCOC(CCNC(=O)CC(C)C1CCNCC1)C(C)C.Cl. The number of nitrogens with one attached hydrogen (secondary N) is 2. The largest absolute Gasteiger partial charge is 0.378 e. The number of piperidine rings is 1. The number of carbonyl (C=O) groups excluding carboxylic acids is 1. The maximum Gasteiger partial charge on any atom is 0.220 e. The fourth-order valence-corrected chi connectivity index (χ4v) is 3.12. The molecule has 0 aromatic rings. The predicted molar refractivity (Wildman–Crippen MR) is 94.5 cm³/mol. The second-order valence-electron chi connectivity index (χ2n) is 6.65. The topological polar surface area (TPSA) is 50.4 Å². The Morgan fingerprint density at radius 1 is 1.27 bits per heavy atom. The van der Waals surface area contributed by atoms with Crippen LogP contribution >= 0.6 is 12.4 Å². The lowest BCUT2D eigenvalue weighted by Crippen LogP contribution is -2.34. The van der Waals surface area contributed by atoms with Crippen molar-refractivity contribution in [2.24, 2.45) is 17.8 Å². The van der Waals surface area contributed by atoms with Crippen molar-refractivity contribution in [3.05, 3.63) is 0 Å². The van der Waals surface area contributed by atoms with E-state index in [1.54, 1.807) is 0 Å². The average Bonchev–Trinajstić information content (AvgIpc) is 2.47. The molecule has 1 heterocycles. The van der Waals surface area contributed by atoms with Crippen molar-refractivity contribution < 1.29 is 9.53 Å². The fraction of sp³-hybridized carbons (Fsp3) is 0.941. The summed E-state index contributed by atoms with van der Waals surface area (Å²) in [4.78, 5) is 12.0. The third-order valence-electron chi connectivity index (χ3n) is 4.57. The van der Waals surface area contributed by atoms with Crippen LogP contribution in [0.1, 0.15) is 53.4 Å². The van der Waals surface area contributed by atoms with Gasteiger partial charge in [-0.1, -0.05) is 20.8 Å². The van der Waals surface area contributed by atoms with Crippen LogP contribution < -0.4 is 10.6 Å². The summed E-state index contributed by atoms with van der Waals surface area (Å²) < 4.78 is 5.70. The van der Waals surface area contributed by atoms with Gasteiger partial charge in [-0.3, -0.25) is 4.79 Å². The highest BCUT2D eigenvalue weighted by molar-refractivity contribution is 5.85. The van der Waals surface area contributed by atoms with Crippen molar-refractivity contribution in [1.29, 1.82) is 0 Å². The first kappa shape index (κ1) is 21.7. The normalized spacial score (nSPS) is 18.6. The van der Waals surface area contributed by atoms with Gasteiger partial charge in [0.05, 0.1) is 6.10 Å². The standard InChI is InChI=1S/C17H34N2O2.ClH/c1-5-21-16(13(2)3)8-11-19-17(20)12-14(4)15-6-9-18-10-7-15;/h13-16,18H,5-12H2,1-4H3,(H,19,20);1H. The molecule has 0 aromatic carbocycles. The zero-order valence-electron chi connectivity index (χ0n) is 14.7. The quantitative estimate of drug-likeness (QED) is 0.681. The Kier molecular flexibility index (Phi) is 12.0. The van der Waals surface area contributed by atoms with Crippen molar-refractivity contribution in [2.75, 3.05) is 26.2 Å². The second kappa shape index (κ2) is 12.1. The molecular formula is C17H35ClN2O2. The highest BCUT2D eigenvalue weighted by Gasteiger charge is 2.22. The molecule has 4 nitrogen and oxygen atoms in total. The molecule has 5 heteroatoms. The molecule has 1 amide bonds. The van der Waals surface area contributed by atoms with E-state index in [-0.39, 0.29) is 24.4 Å². The third kappa shape index (κ3) is 8.35. The molecule has 0 aliphatic carbocycles. The molecule has 0 aromatic heterocycles. The Labute approximate surface area is 142 Å². The van der Waals surface area contributed by atoms with Crippen LogP contribution in [0.3, 0.4) is 0 Å². The minimum absolute atomic E-state index is 0. The maximum atomic E-state index is 12.0. The molecule has 2 N–H and O–H groups in total. The average molecular weight is 335 g/mol. The third-order valence-corrected chi connectivity index (χ3v) is 4.57. The Morgan fingerprint density at radius 2 is 1.91 bits per heavy atom. The summed E-state index contributed by atoms with van der Waals surface area (Å²) in [6.45, 7) is 12.2. The zero-order valence-corrected chi connectivity index (χ0v) is 15.5. The van der Waals surface area contributed by atoms with Crippen molar-refractivity contribution >= 4 is 18.3 Å². The van der Waals surface area contributed by atoms with Crippen LogP contribution in [-0.2, 0) is 9.53 Å². The Bertz CT molecular complexity index is 294. The summed E-state index contributed by atoms with van der Waals surface area (Å²) in [6, 6.07) is 0. The van der Waals surface area contributed by atoms with Gasteiger partial charge in [-0.25, -0.2) is 0 Å². The molecule has 0 radical (unpaired) electrons. The van der Waals surface area contributed by atoms with Crippen LogP contribution in [-0.4, -0.2) is 38.3 Å². The Morgan fingerprint density at radius 3 is 2.45 bits per heavy atom. The number of carbonyl (C=O) groups is 1. The number of halogens is 1. The first-order valence-corrected chi connectivity index (χ1v) is 8.63. The molecule has 132 valence electrons. The predicted octanol–water partition coefficient (Wildman–Crippen LogP) is 3.00. The molecule has 2 unspecified atom stereocenters. The molecule has 1 fully saturated rings. The molecule has 2 atom stereocenters. The zero-order chi connectivity index (χ0) is 15.7. The van der Waals surface area contributed by atoms with Gasteiger partial charge in [-0.2, -0.15) is 0 Å². The molecule has 22 heavy (non-hydrogen) atoms. The Balaban J connectivity index is 0.00000441. The summed E-state index contributed by atoms with van der Waals surface area (Å²) in [7, 11) is 0. The number of hydrogen-bond acceptors (Lipinski definition) is 3. The molecule has 1 rings (SSSR count). The van der Waals surface area contributed by atoms with Gasteiger partial charge >= 0.3 is 0 Å². The molecule has 1 saturated heterocycles. The van der Waals surface area contributed by atoms with Crippen molar-refractivity contribution in [2.45, 2.75) is 59.5 Å². The summed E-state index contributed by atoms with van der Waals surface area (Å²) in [6.07, 6.45) is 4.21. The van der Waals surface area contributed by atoms with Crippen LogP contribution in [0.5, 0.6) is 0 Å². The van der Waals surface area contributed by atoms with E-state index in [1.807, 2.05) is 6.92 Å². The lowest BCUT2D eigenvalue weighted by molar-refractivity contribution is -0.122. The number of hydrogen-bond donors (Lipinski definition) is 2. The van der Waals surface area contributed by atoms with E-state index in [9.17, 15) is 4.79 Å². The number of amides is 1.